The predicted octanol–water partition coefficient (Wildman–Crippen LogP) is 0.875. The molecule has 0 unspecified atom stereocenters. The highest BCUT2D eigenvalue weighted by atomic mass is 16.3. The minimum atomic E-state index is -0.857. The number of carbonyl (C=O) groups is 1. The van der Waals surface area contributed by atoms with Crippen LogP contribution in [0.15, 0.2) is 12.1 Å². The molecule has 3 heterocycles. The minimum absolute atomic E-state index is 0.128. The van der Waals surface area contributed by atoms with Gasteiger partial charge in [0.1, 0.15) is 5.69 Å². The smallest absolute Gasteiger partial charge is 0.272 e. The molecular formula is C17H25N5O2. The fourth-order valence-electron chi connectivity index (χ4n) is 3.51. The predicted molar refractivity (Wildman–Crippen MR) is 91.1 cm³/mol. The SMILES string of the molecule is Cc1cc2nc(C(=O)N3CCC[C@@](O)(CN(C)C)C3)cc(C)n2n1. The van der Waals surface area contributed by atoms with Crippen molar-refractivity contribution in [3.63, 3.8) is 0 Å². The molecule has 0 spiro atoms. The molecule has 0 aromatic carbocycles. The largest absolute Gasteiger partial charge is 0.387 e. The van der Waals surface area contributed by atoms with Gasteiger partial charge < -0.3 is 14.9 Å². The summed E-state index contributed by atoms with van der Waals surface area (Å²) in [4.78, 5) is 21.0. The Hall–Kier alpha value is -1.99. The molecule has 1 amide bonds. The maximum absolute atomic E-state index is 12.9. The number of amides is 1. The summed E-state index contributed by atoms with van der Waals surface area (Å²) >= 11 is 0. The number of hydrogen-bond acceptors (Lipinski definition) is 5. The van der Waals surface area contributed by atoms with Gasteiger partial charge in [-0.2, -0.15) is 5.10 Å². The summed E-state index contributed by atoms with van der Waals surface area (Å²) in [6.45, 7) is 5.36. The number of nitrogens with zero attached hydrogens (tertiary/aromatic N) is 5. The first-order valence-corrected chi connectivity index (χ1v) is 8.28. The maximum Gasteiger partial charge on any atom is 0.272 e. The quantitative estimate of drug-likeness (QED) is 0.903. The zero-order valence-corrected chi connectivity index (χ0v) is 14.8. The van der Waals surface area contributed by atoms with Crippen LogP contribution < -0.4 is 0 Å². The summed E-state index contributed by atoms with van der Waals surface area (Å²) < 4.78 is 1.74. The Morgan fingerprint density at radius 2 is 2.12 bits per heavy atom. The average molecular weight is 331 g/mol. The number of likely N-dealkylation sites (N-methyl/N-ethyl adjacent to an activating group) is 1. The monoisotopic (exact) mass is 331 g/mol. The van der Waals surface area contributed by atoms with Crippen LogP contribution in [0.25, 0.3) is 5.65 Å². The molecule has 0 bridgehead atoms. The fraction of sp³-hybridized carbons (Fsp3) is 0.588. The third-order valence-corrected chi connectivity index (χ3v) is 4.40. The minimum Gasteiger partial charge on any atom is -0.387 e. The molecule has 24 heavy (non-hydrogen) atoms. The van der Waals surface area contributed by atoms with Gasteiger partial charge in [0.05, 0.1) is 17.8 Å². The molecule has 1 N–H and O–H groups in total. The van der Waals surface area contributed by atoms with Crippen molar-refractivity contribution in [3.8, 4) is 0 Å². The molecule has 7 nitrogen and oxygen atoms in total. The van der Waals surface area contributed by atoms with E-state index in [-0.39, 0.29) is 5.91 Å². The van der Waals surface area contributed by atoms with Crippen molar-refractivity contribution in [1.29, 1.82) is 0 Å². The topological polar surface area (TPSA) is 74.0 Å². The van der Waals surface area contributed by atoms with Gasteiger partial charge in [0, 0.05) is 24.8 Å². The molecule has 1 saturated heterocycles. The van der Waals surface area contributed by atoms with Gasteiger partial charge in [-0.3, -0.25) is 4.79 Å². The summed E-state index contributed by atoms with van der Waals surface area (Å²) in [6.07, 6.45) is 1.51. The van der Waals surface area contributed by atoms with E-state index in [0.29, 0.717) is 37.4 Å². The lowest BCUT2D eigenvalue weighted by Crippen LogP contribution is -2.54. The lowest BCUT2D eigenvalue weighted by molar-refractivity contribution is -0.0392. The first-order valence-electron chi connectivity index (χ1n) is 8.28. The number of hydrogen-bond donors (Lipinski definition) is 1. The van der Waals surface area contributed by atoms with E-state index >= 15 is 0 Å². The Morgan fingerprint density at radius 3 is 2.83 bits per heavy atom. The van der Waals surface area contributed by atoms with Crippen molar-refractivity contribution in [2.24, 2.45) is 0 Å². The number of piperidine rings is 1. The first kappa shape index (κ1) is 16.9. The lowest BCUT2D eigenvalue weighted by atomic mass is 9.92. The highest BCUT2D eigenvalue weighted by Crippen LogP contribution is 2.23. The summed E-state index contributed by atoms with van der Waals surface area (Å²) in [5.74, 6) is -0.128. The molecule has 2 aromatic rings. The van der Waals surface area contributed by atoms with E-state index in [1.807, 2.05) is 38.9 Å². The fourth-order valence-corrected chi connectivity index (χ4v) is 3.51. The van der Waals surface area contributed by atoms with Gasteiger partial charge >= 0.3 is 0 Å². The van der Waals surface area contributed by atoms with E-state index in [2.05, 4.69) is 10.1 Å². The summed E-state index contributed by atoms with van der Waals surface area (Å²) in [5, 5.41) is 15.1. The molecule has 130 valence electrons. The Balaban J connectivity index is 1.85. The van der Waals surface area contributed by atoms with Crippen molar-refractivity contribution in [2.45, 2.75) is 32.3 Å². The van der Waals surface area contributed by atoms with Crippen molar-refractivity contribution in [2.75, 3.05) is 33.7 Å². The van der Waals surface area contributed by atoms with Crippen molar-refractivity contribution in [1.82, 2.24) is 24.4 Å². The van der Waals surface area contributed by atoms with Gasteiger partial charge in [-0.1, -0.05) is 0 Å². The Bertz CT molecular complexity index is 770. The van der Waals surface area contributed by atoms with Crippen LogP contribution in [0.2, 0.25) is 0 Å². The number of fused-ring (bicyclic) bond motifs is 1. The molecule has 1 aliphatic heterocycles. The molecule has 0 saturated carbocycles. The summed E-state index contributed by atoms with van der Waals surface area (Å²) in [6, 6.07) is 3.63. The third-order valence-electron chi connectivity index (χ3n) is 4.40. The van der Waals surface area contributed by atoms with Crippen LogP contribution >= 0.6 is 0 Å². The first-order chi connectivity index (χ1) is 11.3. The summed E-state index contributed by atoms with van der Waals surface area (Å²) in [7, 11) is 3.86. The molecule has 7 heteroatoms. The molecule has 1 atom stereocenters. The second kappa shape index (κ2) is 6.14. The molecule has 1 fully saturated rings. The number of likely N-dealkylation sites (tertiary alicyclic amines) is 1. The van der Waals surface area contributed by atoms with Gasteiger partial charge in [-0.25, -0.2) is 9.50 Å². The molecule has 2 aromatic heterocycles. The van der Waals surface area contributed by atoms with E-state index in [0.717, 1.165) is 17.8 Å². The van der Waals surface area contributed by atoms with Crippen LogP contribution in [0, 0.1) is 13.8 Å². The maximum atomic E-state index is 12.9. The lowest BCUT2D eigenvalue weighted by Gasteiger charge is -2.40. The van der Waals surface area contributed by atoms with E-state index in [9.17, 15) is 9.90 Å². The normalized spacial score (nSPS) is 21.7. The Labute approximate surface area is 141 Å². The average Bonchev–Trinajstić information content (AvgIpc) is 2.86. The van der Waals surface area contributed by atoms with Crippen molar-refractivity contribution in [3.05, 3.63) is 29.2 Å². The van der Waals surface area contributed by atoms with Gasteiger partial charge in [0.25, 0.3) is 5.91 Å². The van der Waals surface area contributed by atoms with Crippen LogP contribution in [0.4, 0.5) is 0 Å². The number of carbonyl (C=O) groups excluding carboxylic acids is 1. The van der Waals surface area contributed by atoms with Gasteiger partial charge in [0.15, 0.2) is 5.65 Å². The zero-order chi connectivity index (χ0) is 17.5. The van der Waals surface area contributed by atoms with Crippen LogP contribution in [0.3, 0.4) is 0 Å². The highest BCUT2D eigenvalue weighted by molar-refractivity contribution is 5.93. The van der Waals surface area contributed by atoms with Crippen molar-refractivity contribution >= 4 is 11.6 Å². The van der Waals surface area contributed by atoms with Crippen molar-refractivity contribution < 1.29 is 9.90 Å². The molecule has 3 rings (SSSR count). The second-order valence-electron chi connectivity index (χ2n) is 7.13. The van der Waals surface area contributed by atoms with E-state index in [1.165, 1.54) is 0 Å². The number of rotatable bonds is 3. The molecule has 0 aliphatic carbocycles. The van der Waals surface area contributed by atoms with E-state index < -0.39 is 5.60 Å². The van der Waals surface area contributed by atoms with E-state index in [1.54, 1.807) is 15.5 Å². The number of aromatic nitrogens is 3. The van der Waals surface area contributed by atoms with Crippen LogP contribution in [0.1, 0.15) is 34.7 Å². The number of aliphatic hydroxyl groups is 1. The molecule has 0 radical (unpaired) electrons. The molecular weight excluding hydrogens is 306 g/mol. The Morgan fingerprint density at radius 1 is 1.38 bits per heavy atom. The third kappa shape index (κ3) is 3.27. The van der Waals surface area contributed by atoms with Gasteiger partial charge in [-0.15, -0.1) is 0 Å². The van der Waals surface area contributed by atoms with E-state index in [4.69, 9.17) is 0 Å². The van der Waals surface area contributed by atoms with Crippen LogP contribution in [-0.2, 0) is 0 Å². The number of β-amino-alcohol motifs (C(OH)–C–C–N with tert-alkyl or cyclic N) is 1. The standard InChI is InChI=1S/C17H25N5O2/c1-12-8-15-18-14(9-13(2)22(15)19-12)16(23)21-7-5-6-17(24,11-21)10-20(3)4/h8-9,24H,5-7,10-11H2,1-4H3/t17-/m1/s1. The van der Waals surface area contributed by atoms with Crippen LogP contribution in [-0.4, -0.2) is 74.7 Å². The van der Waals surface area contributed by atoms with Crippen LogP contribution in [0.5, 0.6) is 0 Å². The summed E-state index contributed by atoms with van der Waals surface area (Å²) in [5.41, 5.74) is 1.97. The van der Waals surface area contributed by atoms with Gasteiger partial charge in [-0.05, 0) is 46.9 Å². The second-order valence-corrected chi connectivity index (χ2v) is 7.13. The molecule has 1 aliphatic rings. The highest BCUT2D eigenvalue weighted by Gasteiger charge is 2.36. The Kier molecular flexibility index (Phi) is 4.31. The zero-order valence-electron chi connectivity index (χ0n) is 14.8. The van der Waals surface area contributed by atoms with Gasteiger partial charge in [0.2, 0.25) is 0 Å². The number of aryl methyl sites for hydroxylation is 2.